The molecular formula is C17H21N5O3S. The topological polar surface area (TPSA) is 91.6 Å². The fourth-order valence-corrected chi connectivity index (χ4v) is 3.92. The Hall–Kier alpha value is -2.68. The molecule has 1 amide bonds. The summed E-state index contributed by atoms with van der Waals surface area (Å²) in [7, 11) is 1.51. The first-order valence-electron chi connectivity index (χ1n) is 8.42. The summed E-state index contributed by atoms with van der Waals surface area (Å²) in [6.45, 7) is 4.98. The maximum absolute atomic E-state index is 11.8. The fourth-order valence-electron chi connectivity index (χ4n) is 3.06. The number of thiazole rings is 1. The zero-order chi connectivity index (χ0) is 18.7. The van der Waals surface area contributed by atoms with E-state index < -0.39 is 4.92 Å². The largest absolute Gasteiger partial charge is 0.364 e. The highest BCUT2D eigenvalue weighted by molar-refractivity contribution is 7.13. The summed E-state index contributed by atoms with van der Waals surface area (Å²) in [6.07, 6.45) is 0.882. The normalized spacial score (nSPS) is 14.8. The Kier molecular flexibility index (Phi) is 5.36. The predicted octanol–water partition coefficient (Wildman–Crippen LogP) is 2.44. The van der Waals surface area contributed by atoms with Gasteiger partial charge < -0.3 is 15.1 Å². The first kappa shape index (κ1) is 18.1. The van der Waals surface area contributed by atoms with Crippen LogP contribution >= 0.6 is 11.3 Å². The molecule has 26 heavy (non-hydrogen) atoms. The number of anilines is 2. The Morgan fingerprint density at radius 1 is 1.27 bits per heavy atom. The zero-order valence-electron chi connectivity index (χ0n) is 14.8. The molecule has 1 N–H and O–H groups in total. The second-order valence-corrected chi connectivity index (χ2v) is 6.98. The number of amides is 1. The molecule has 3 rings (SSSR count). The van der Waals surface area contributed by atoms with Crippen molar-refractivity contribution >= 4 is 33.8 Å². The minimum Gasteiger partial charge on any atom is -0.364 e. The maximum atomic E-state index is 11.8. The van der Waals surface area contributed by atoms with Crippen molar-refractivity contribution in [2.45, 2.75) is 13.3 Å². The van der Waals surface area contributed by atoms with Gasteiger partial charge in [0.25, 0.3) is 11.6 Å². The van der Waals surface area contributed by atoms with E-state index in [9.17, 15) is 14.9 Å². The molecule has 9 heteroatoms. The summed E-state index contributed by atoms with van der Waals surface area (Å²) >= 11 is 1.62. The van der Waals surface area contributed by atoms with Gasteiger partial charge in [-0.3, -0.25) is 14.9 Å². The van der Waals surface area contributed by atoms with Crippen LogP contribution in [0.25, 0.3) is 0 Å². The van der Waals surface area contributed by atoms with Crippen LogP contribution in [0, 0.1) is 17.0 Å². The van der Waals surface area contributed by atoms with E-state index in [1.807, 2.05) is 17.2 Å². The first-order valence-corrected chi connectivity index (χ1v) is 9.30. The van der Waals surface area contributed by atoms with Crippen LogP contribution in [-0.2, 0) is 0 Å². The summed E-state index contributed by atoms with van der Waals surface area (Å²) in [5.74, 6) is -0.333. The smallest absolute Gasteiger partial charge is 0.293 e. The minimum absolute atomic E-state index is 0.0374. The van der Waals surface area contributed by atoms with E-state index in [1.165, 1.54) is 13.1 Å². The van der Waals surface area contributed by atoms with Crippen molar-refractivity contribution in [3.05, 3.63) is 45.0 Å². The van der Waals surface area contributed by atoms with Gasteiger partial charge in [0, 0.05) is 50.2 Å². The molecule has 1 saturated heterocycles. The van der Waals surface area contributed by atoms with Gasteiger partial charge in [0.05, 0.1) is 10.6 Å². The Morgan fingerprint density at radius 2 is 2.00 bits per heavy atom. The average Bonchev–Trinajstić information content (AvgIpc) is 2.92. The monoisotopic (exact) mass is 375 g/mol. The third-order valence-electron chi connectivity index (χ3n) is 4.38. The molecule has 2 heterocycles. The van der Waals surface area contributed by atoms with E-state index in [4.69, 9.17) is 0 Å². The van der Waals surface area contributed by atoms with Gasteiger partial charge in [-0.15, -0.1) is 11.3 Å². The Balaban J connectivity index is 1.82. The number of nitrogens with zero attached hydrogens (tertiary/aromatic N) is 4. The first-order chi connectivity index (χ1) is 12.5. The second-order valence-electron chi connectivity index (χ2n) is 6.14. The zero-order valence-corrected chi connectivity index (χ0v) is 15.6. The van der Waals surface area contributed by atoms with Crippen molar-refractivity contribution in [2.24, 2.45) is 0 Å². The fraction of sp³-hybridized carbons (Fsp3) is 0.412. The lowest BCUT2D eigenvalue weighted by atomic mass is 10.1. The maximum Gasteiger partial charge on any atom is 0.293 e. The molecule has 2 aromatic rings. The molecule has 1 fully saturated rings. The number of benzene rings is 1. The van der Waals surface area contributed by atoms with Crippen LogP contribution in [0.15, 0.2) is 23.6 Å². The summed E-state index contributed by atoms with van der Waals surface area (Å²) in [5, 5.41) is 17.0. The second kappa shape index (κ2) is 7.69. The summed E-state index contributed by atoms with van der Waals surface area (Å²) in [5.41, 5.74) is 1.81. The van der Waals surface area contributed by atoms with Crippen molar-refractivity contribution in [3.63, 3.8) is 0 Å². The van der Waals surface area contributed by atoms with E-state index >= 15 is 0 Å². The van der Waals surface area contributed by atoms with E-state index in [1.54, 1.807) is 23.5 Å². The van der Waals surface area contributed by atoms with Gasteiger partial charge >= 0.3 is 0 Å². The average molecular weight is 375 g/mol. The number of aryl methyl sites for hydroxylation is 1. The van der Waals surface area contributed by atoms with Gasteiger partial charge in [0.2, 0.25) is 0 Å². The van der Waals surface area contributed by atoms with Gasteiger partial charge in [-0.1, -0.05) is 0 Å². The third kappa shape index (κ3) is 3.77. The summed E-state index contributed by atoms with van der Waals surface area (Å²) in [4.78, 5) is 31.7. The van der Waals surface area contributed by atoms with Crippen molar-refractivity contribution in [1.29, 1.82) is 0 Å². The quantitative estimate of drug-likeness (QED) is 0.652. The number of nitro groups is 1. The minimum atomic E-state index is -0.422. The van der Waals surface area contributed by atoms with Gasteiger partial charge in [-0.25, -0.2) is 4.98 Å². The van der Waals surface area contributed by atoms with E-state index in [-0.39, 0.29) is 17.2 Å². The van der Waals surface area contributed by atoms with Crippen LogP contribution in [0.4, 0.5) is 16.5 Å². The molecule has 0 saturated carbocycles. The number of rotatable bonds is 4. The molecule has 0 atom stereocenters. The van der Waals surface area contributed by atoms with Crippen LogP contribution in [0.1, 0.15) is 22.5 Å². The molecule has 1 aromatic carbocycles. The molecule has 138 valence electrons. The molecule has 0 spiro atoms. The molecule has 0 unspecified atom stereocenters. The highest BCUT2D eigenvalue weighted by Gasteiger charge is 2.24. The molecule has 1 aromatic heterocycles. The Labute approximate surface area is 155 Å². The molecule has 0 aliphatic carbocycles. The van der Waals surface area contributed by atoms with Gasteiger partial charge in [-0.05, 0) is 25.5 Å². The number of hydrogen-bond donors (Lipinski definition) is 1. The Morgan fingerprint density at radius 3 is 2.65 bits per heavy atom. The van der Waals surface area contributed by atoms with E-state index in [0.29, 0.717) is 12.2 Å². The Bertz CT molecular complexity index is 822. The number of nitro benzene ring substituents is 1. The van der Waals surface area contributed by atoms with Gasteiger partial charge in [0.1, 0.15) is 5.69 Å². The lowest BCUT2D eigenvalue weighted by Gasteiger charge is -2.23. The highest BCUT2D eigenvalue weighted by Crippen LogP contribution is 2.31. The highest BCUT2D eigenvalue weighted by atomic mass is 32.1. The molecule has 0 bridgehead atoms. The van der Waals surface area contributed by atoms with Crippen LogP contribution in [0.2, 0.25) is 0 Å². The molecule has 1 aliphatic rings. The number of nitrogens with one attached hydrogen (secondary N) is 1. The predicted molar refractivity (Wildman–Crippen MR) is 102 cm³/mol. The number of carbonyl (C=O) groups is 1. The molecule has 8 nitrogen and oxygen atoms in total. The van der Waals surface area contributed by atoms with Crippen molar-refractivity contribution in [3.8, 4) is 0 Å². The van der Waals surface area contributed by atoms with Crippen molar-refractivity contribution < 1.29 is 9.72 Å². The molecule has 0 radical (unpaired) electrons. The van der Waals surface area contributed by atoms with E-state index in [0.717, 1.165) is 36.9 Å². The van der Waals surface area contributed by atoms with Crippen LogP contribution in [0.5, 0.6) is 0 Å². The number of carbonyl (C=O) groups excluding carboxylic acids is 1. The number of aromatic nitrogens is 1. The van der Waals surface area contributed by atoms with Crippen LogP contribution in [-0.4, -0.2) is 49.0 Å². The standard InChI is InChI=1S/C17H21N5O3S/c1-12-11-26-17(19-12)21-7-3-6-20(8-9-21)14-5-4-13(16(23)18-2)10-15(14)22(24)25/h4-5,10-11H,3,6-9H2,1-2H3,(H,18,23). The third-order valence-corrected chi connectivity index (χ3v) is 5.39. The summed E-state index contributed by atoms with van der Waals surface area (Å²) < 4.78 is 0. The van der Waals surface area contributed by atoms with Crippen molar-refractivity contribution in [1.82, 2.24) is 10.3 Å². The van der Waals surface area contributed by atoms with E-state index in [2.05, 4.69) is 15.2 Å². The summed E-state index contributed by atoms with van der Waals surface area (Å²) in [6, 6.07) is 4.65. The lowest BCUT2D eigenvalue weighted by Crippen LogP contribution is -2.31. The lowest BCUT2D eigenvalue weighted by molar-refractivity contribution is -0.384. The molecule has 1 aliphatic heterocycles. The number of hydrogen-bond acceptors (Lipinski definition) is 7. The van der Waals surface area contributed by atoms with Gasteiger partial charge in [-0.2, -0.15) is 0 Å². The van der Waals surface area contributed by atoms with Gasteiger partial charge in [0.15, 0.2) is 5.13 Å². The molecular weight excluding hydrogens is 354 g/mol. The van der Waals surface area contributed by atoms with Crippen LogP contribution in [0.3, 0.4) is 0 Å². The van der Waals surface area contributed by atoms with Crippen molar-refractivity contribution in [2.75, 3.05) is 43.0 Å². The van der Waals surface area contributed by atoms with Crippen LogP contribution < -0.4 is 15.1 Å². The SMILES string of the molecule is CNC(=O)c1ccc(N2CCCN(c3nc(C)cs3)CC2)c([N+](=O)[O-])c1.